The summed E-state index contributed by atoms with van der Waals surface area (Å²) in [7, 11) is 0. The molecule has 3 N–H and O–H groups in total. The van der Waals surface area contributed by atoms with Crippen LogP contribution in [0.25, 0.3) is 0 Å². The van der Waals surface area contributed by atoms with E-state index in [0.717, 1.165) is 19.3 Å². The summed E-state index contributed by atoms with van der Waals surface area (Å²) in [5.74, 6) is 0.635. The summed E-state index contributed by atoms with van der Waals surface area (Å²) in [5.41, 5.74) is 5.03. The van der Waals surface area contributed by atoms with Crippen LogP contribution < -0.4 is 11.4 Å². The van der Waals surface area contributed by atoms with Crippen molar-refractivity contribution in [3.8, 4) is 0 Å². The number of aliphatic carboxylic acids is 1. The van der Waals surface area contributed by atoms with Crippen LogP contribution in [-0.2, 0) is 9.53 Å². The zero-order chi connectivity index (χ0) is 19.1. The number of ether oxygens (including phenoxy) is 1. The molecule has 1 aromatic heterocycles. The molecule has 3 rings (SSSR count). The highest BCUT2D eigenvalue weighted by Crippen LogP contribution is 2.54. The smallest absolute Gasteiger partial charge is 0.351 e. The van der Waals surface area contributed by atoms with Crippen molar-refractivity contribution in [2.24, 2.45) is 23.7 Å². The Kier molecular flexibility index (Phi) is 5.35. The summed E-state index contributed by atoms with van der Waals surface area (Å²) in [6.07, 6.45) is 3.82. The van der Waals surface area contributed by atoms with Gasteiger partial charge in [-0.25, -0.2) is 9.59 Å². The molecule has 26 heavy (non-hydrogen) atoms. The highest BCUT2D eigenvalue weighted by atomic mass is 32.2. The first-order valence-electron chi connectivity index (χ1n) is 9.14. The first kappa shape index (κ1) is 19.2. The Morgan fingerprint density at radius 1 is 1.50 bits per heavy atom. The van der Waals surface area contributed by atoms with Gasteiger partial charge >= 0.3 is 11.7 Å². The van der Waals surface area contributed by atoms with Crippen molar-refractivity contribution >= 4 is 23.5 Å². The number of aromatic nitrogens is 2. The normalized spacial score (nSPS) is 34.9. The number of nitrogen functional groups attached to an aromatic ring is 1. The van der Waals surface area contributed by atoms with E-state index >= 15 is 0 Å². The molecule has 3 unspecified atom stereocenters. The van der Waals surface area contributed by atoms with Crippen molar-refractivity contribution in [1.82, 2.24) is 9.55 Å². The molecular weight excluding hydrogens is 354 g/mol. The van der Waals surface area contributed by atoms with Crippen molar-refractivity contribution in [2.45, 2.75) is 51.2 Å². The molecule has 1 saturated carbocycles. The third-order valence-electron chi connectivity index (χ3n) is 5.72. The maximum Gasteiger partial charge on any atom is 0.351 e. The lowest BCUT2D eigenvalue weighted by Gasteiger charge is -2.44. The molecular formula is C18H27N3O4S. The van der Waals surface area contributed by atoms with Crippen molar-refractivity contribution in [3.63, 3.8) is 0 Å². The molecule has 7 nitrogen and oxygen atoms in total. The zero-order valence-corrected chi connectivity index (χ0v) is 16.2. The Hall–Kier alpha value is -1.54. The second-order valence-electron chi connectivity index (χ2n) is 7.83. The number of thioether (sulfide) groups is 1. The highest BCUT2D eigenvalue weighted by molar-refractivity contribution is 8.01. The van der Waals surface area contributed by atoms with Gasteiger partial charge in [0.05, 0.1) is 0 Å². The maximum atomic E-state index is 12.3. The number of carboxylic acid groups (broad SMARTS) is 1. The third-order valence-corrected chi connectivity index (χ3v) is 7.18. The van der Waals surface area contributed by atoms with Crippen LogP contribution in [-0.4, -0.2) is 31.3 Å². The van der Waals surface area contributed by atoms with Gasteiger partial charge in [0.2, 0.25) is 4.93 Å². The molecule has 0 aromatic carbocycles. The van der Waals surface area contributed by atoms with Gasteiger partial charge in [0, 0.05) is 17.9 Å². The van der Waals surface area contributed by atoms with E-state index in [0.29, 0.717) is 17.6 Å². The average molecular weight is 381 g/mol. The van der Waals surface area contributed by atoms with E-state index in [1.807, 2.05) is 0 Å². The van der Waals surface area contributed by atoms with Gasteiger partial charge in [-0.3, -0.25) is 4.57 Å². The monoisotopic (exact) mass is 381 g/mol. The Balaban J connectivity index is 1.94. The molecule has 144 valence electrons. The number of hydrogen-bond donors (Lipinski definition) is 2. The van der Waals surface area contributed by atoms with E-state index in [9.17, 15) is 14.7 Å². The second kappa shape index (κ2) is 7.23. The van der Waals surface area contributed by atoms with Crippen molar-refractivity contribution < 1.29 is 14.6 Å². The molecule has 1 aliphatic carbocycles. The van der Waals surface area contributed by atoms with Crippen LogP contribution >= 0.6 is 11.8 Å². The van der Waals surface area contributed by atoms with Gasteiger partial charge in [0.25, 0.3) is 0 Å². The van der Waals surface area contributed by atoms with Crippen molar-refractivity contribution in [1.29, 1.82) is 0 Å². The van der Waals surface area contributed by atoms with Crippen LogP contribution in [0, 0.1) is 23.7 Å². The minimum atomic E-state index is -1.32. The van der Waals surface area contributed by atoms with Gasteiger partial charge in [-0.05, 0) is 36.7 Å². The molecule has 5 atom stereocenters. The summed E-state index contributed by atoms with van der Waals surface area (Å²) in [6.45, 7) is 6.47. The van der Waals surface area contributed by atoms with Crippen molar-refractivity contribution in [3.05, 3.63) is 22.7 Å². The molecule has 2 fully saturated rings. The third kappa shape index (κ3) is 3.36. The largest absolute Gasteiger partial charge is 0.478 e. The number of anilines is 1. The minimum absolute atomic E-state index is 0.0869. The number of carboxylic acids is 1. The number of rotatable bonds is 4. The van der Waals surface area contributed by atoms with Crippen LogP contribution in [0.5, 0.6) is 0 Å². The Morgan fingerprint density at radius 3 is 2.85 bits per heavy atom. The minimum Gasteiger partial charge on any atom is -0.478 e. The standard InChI is InChI=1S/C18H27N3O4S/c1-10(2)12-5-4-11(3)8-13(12)18(16(22)23)25-15(9-26-18)21-7-6-14(19)20-17(21)24/h6-7,10-13,15H,4-5,8-9H2,1-3H3,(H,22,23)(H2,19,20,24)/t11?,12?,13?,15-,18+/m0/s1. The summed E-state index contributed by atoms with van der Waals surface area (Å²) >= 11 is 1.30. The lowest BCUT2D eigenvalue weighted by Crippen LogP contribution is -2.50. The number of carbonyl (C=O) groups is 1. The van der Waals surface area contributed by atoms with E-state index in [1.165, 1.54) is 28.6 Å². The highest BCUT2D eigenvalue weighted by Gasteiger charge is 2.57. The molecule has 0 radical (unpaired) electrons. The van der Waals surface area contributed by atoms with Gasteiger partial charge in [0.1, 0.15) is 12.0 Å². The topological polar surface area (TPSA) is 107 Å². The first-order valence-corrected chi connectivity index (χ1v) is 10.1. The van der Waals surface area contributed by atoms with E-state index in [-0.39, 0.29) is 17.7 Å². The predicted molar refractivity (Wildman–Crippen MR) is 101 cm³/mol. The van der Waals surface area contributed by atoms with Crippen LogP contribution in [0.2, 0.25) is 0 Å². The molecule has 2 aliphatic rings. The SMILES string of the molecule is CC1CCC(C(C)C)C([C@@]2(C(=O)O)O[C@H](n3ccc(N)nc3=O)CS2)C1. The first-order chi connectivity index (χ1) is 12.2. The average Bonchev–Trinajstić information content (AvgIpc) is 3.00. The summed E-state index contributed by atoms with van der Waals surface area (Å²) < 4.78 is 7.47. The fourth-order valence-corrected chi connectivity index (χ4v) is 5.76. The van der Waals surface area contributed by atoms with Crippen molar-refractivity contribution in [2.75, 3.05) is 11.5 Å². The second-order valence-corrected chi connectivity index (χ2v) is 9.06. The van der Waals surface area contributed by atoms with Gasteiger partial charge in [-0.2, -0.15) is 4.98 Å². The molecule has 1 aliphatic heterocycles. The zero-order valence-electron chi connectivity index (χ0n) is 15.4. The summed E-state index contributed by atoms with van der Waals surface area (Å²) in [4.78, 5) is 26.9. The van der Waals surface area contributed by atoms with Gasteiger partial charge < -0.3 is 15.6 Å². The van der Waals surface area contributed by atoms with E-state index < -0.39 is 22.8 Å². The van der Waals surface area contributed by atoms with Gasteiger partial charge in [-0.1, -0.05) is 27.2 Å². The number of nitrogens with zero attached hydrogens (tertiary/aromatic N) is 2. The summed E-state index contributed by atoms with van der Waals surface area (Å²) in [6, 6.07) is 1.52. The lowest BCUT2D eigenvalue weighted by atomic mass is 9.67. The Bertz CT molecular complexity index is 737. The molecule has 1 aromatic rings. The fourth-order valence-electron chi connectivity index (χ4n) is 4.35. The number of nitrogens with two attached hydrogens (primary N) is 1. The van der Waals surface area contributed by atoms with E-state index in [4.69, 9.17) is 10.5 Å². The van der Waals surface area contributed by atoms with Gasteiger partial charge in [0.15, 0.2) is 0 Å². The molecule has 1 saturated heterocycles. The molecule has 0 amide bonds. The molecule has 0 spiro atoms. The summed E-state index contributed by atoms with van der Waals surface area (Å²) in [5, 5.41) is 10.1. The fraction of sp³-hybridized carbons (Fsp3) is 0.722. The van der Waals surface area contributed by atoms with Gasteiger partial charge in [-0.15, -0.1) is 11.8 Å². The molecule has 2 heterocycles. The maximum absolute atomic E-state index is 12.3. The number of hydrogen-bond acceptors (Lipinski definition) is 6. The van der Waals surface area contributed by atoms with Crippen LogP contribution in [0.1, 0.15) is 46.3 Å². The van der Waals surface area contributed by atoms with Crippen LogP contribution in [0.15, 0.2) is 17.1 Å². The Labute approximate surface area is 157 Å². The van der Waals surface area contributed by atoms with E-state index in [1.54, 1.807) is 0 Å². The molecule has 0 bridgehead atoms. The van der Waals surface area contributed by atoms with Crippen LogP contribution in [0.3, 0.4) is 0 Å². The molecule has 8 heteroatoms. The van der Waals surface area contributed by atoms with Crippen LogP contribution in [0.4, 0.5) is 5.82 Å². The lowest BCUT2D eigenvalue weighted by molar-refractivity contribution is -0.173. The van der Waals surface area contributed by atoms with E-state index in [2.05, 4.69) is 25.8 Å². The Morgan fingerprint density at radius 2 is 2.23 bits per heavy atom. The predicted octanol–water partition coefficient (Wildman–Crippen LogP) is 2.58. The quantitative estimate of drug-likeness (QED) is 0.825.